The van der Waals surface area contributed by atoms with E-state index in [1.807, 2.05) is 55.5 Å². The molecule has 1 amide bonds. The van der Waals surface area contributed by atoms with Crippen LogP contribution in [0.3, 0.4) is 0 Å². The first-order chi connectivity index (χ1) is 17.0. The molecule has 0 saturated heterocycles. The SMILES string of the molecule is Cc1ccc(CNC(=O)[C@H](Cc2ccccc2)Nc2cc(C)nc(NCC3CCCCC3)n2)cc1. The Bertz CT molecular complexity index is 1080. The summed E-state index contributed by atoms with van der Waals surface area (Å²) < 4.78 is 0. The summed E-state index contributed by atoms with van der Waals surface area (Å²) in [4.78, 5) is 22.5. The Balaban J connectivity index is 1.44. The van der Waals surface area contributed by atoms with E-state index in [-0.39, 0.29) is 5.91 Å². The summed E-state index contributed by atoms with van der Waals surface area (Å²) in [5.41, 5.74) is 4.24. The number of rotatable bonds is 10. The highest BCUT2D eigenvalue weighted by molar-refractivity contribution is 5.84. The Morgan fingerprint density at radius 3 is 2.43 bits per heavy atom. The van der Waals surface area contributed by atoms with E-state index in [4.69, 9.17) is 4.98 Å². The van der Waals surface area contributed by atoms with Gasteiger partial charge in [0.15, 0.2) is 0 Å². The number of anilines is 2. The third-order valence-electron chi connectivity index (χ3n) is 6.64. The van der Waals surface area contributed by atoms with Crippen LogP contribution in [-0.2, 0) is 17.8 Å². The zero-order valence-corrected chi connectivity index (χ0v) is 20.9. The van der Waals surface area contributed by atoms with Gasteiger partial charge in [0, 0.05) is 31.3 Å². The fraction of sp³-hybridized carbons (Fsp3) is 0.414. The van der Waals surface area contributed by atoms with Crippen molar-refractivity contribution in [1.29, 1.82) is 0 Å². The van der Waals surface area contributed by atoms with Crippen LogP contribution in [-0.4, -0.2) is 28.5 Å². The Kier molecular flexibility index (Phi) is 8.71. The first kappa shape index (κ1) is 24.7. The predicted molar refractivity (Wildman–Crippen MR) is 142 cm³/mol. The lowest BCUT2D eigenvalue weighted by atomic mass is 9.89. The average molecular weight is 472 g/mol. The van der Waals surface area contributed by atoms with Crippen molar-refractivity contribution in [3.63, 3.8) is 0 Å². The van der Waals surface area contributed by atoms with Crippen LogP contribution in [0.1, 0.15) is 54.5 Å². The molecule has 184 valence electrons. The molecule has 0 aliphatic heterocycles. The zero-order chi connectivity index (χ0) is 24.5. The number of nitrogens with one attached hydrogen (secondary N) is 3. The van der Waals surface area contributed by atoms with Crippen LogP contribution >= 0.6 is 0 Å². The minimum absolute atomic E-state index is 0.0533. The summed E-state index contributed by atoms with van der Waals surface area (Å²) in [5, 5.41) is 9.92. The van der Waals surface area contributed by atoms with Gasteiger partial charge >= 0.3 is 0 Å². The molecule has 1 aliphatic rings. The number of nitrogens with zero attached hydrogens (tertiary/aromatic N) is 2. The van der Waals surface area contributed by atoms with Gasteiger partial charge in [0.2, 0.25) is 11.9 Å². The highest BCUT2D eigenvalue weighted by Crippen LogP contribution is 2.24. The Morgan fingerprint density at radius 2 is 1.69 bits per heavy atom. The third-order valence-corrected chi connectivity index (χ3v) is 6.64. The van der Waals surface area contributed by atoms with Gasteiger partial charge in [-0.25, -0.2) is 4.98 Å². The largest absolute Gasteiger partial charge is 0.358 e. The first-order valence-corrected chi connectivity index (χ1v) is 12.8. The molecule has 1 aromatic heterocycles. The van der Waals surface area contributed by atoms with Crippen molar-refractivity contribution in [3.05, 3.63) is 83.0 Å². The fourth-order valence-corrected chi connectivity index (χ4v) is 4.60. The minimum Gasteiger partial charge on any atom is -0.358 e. The van der Waals surface area contributed by atoms with Crippen molar-refractivity contribution >= 4 is 17.7 Å². The normalized spacial score (nSPS) is 14.8. The van der Waals surface area contributed by atoms with Gasteiger partial charge in [-0.1, -0.05) is 79.4 Å². The summed E-state index contributed by atoms with van der Waals surface area (Å²) in [6.45, 7) is 5.41. The molecule has 0 radical (unpaired) electrons. The van der Waals surface area contributed by atoms with Crippen LogP contribution in [0.25, 0.3) is 0 Å². The summed E-state index contributed by atoms with van der Waals surface area (Å²) in [5.74, 6) is 1.91. The number of carbonyl (C=O) groups excluding carboxylic acids is 1. The van der Waals surface area contributed by atoms with Crippen LogP contribution < -0.4 is 16.0 Å². The molecule has 35 heavy (non-hydrogen) atoms. The van der Waals surface area contributed by atoms with Crippen molar-refractivity contribution in [2.75, 3.05) is 17.2 Å². The smallest absolute Gasteiger partial charge is 0.243 e. The number of amides is 1. The average Bonchev–Trinajstić information content (AvgIpc) is 2.87. The van der Waals surface area contributed by atoms with Gasteiger partial charge in [-0.3, -0.25) is 4.79 Å². The molecular weight excluding hydrogens is 434 g/mol. The van der Waals surface area contributed by atoms with Crippen LogP contribution in [0.5, 0.6) is 0 Å². The molecule has 1 saturated carbocycles. The van der Waals surface area contributed by atoms with Crippen LogP contribution in [0.15, 0.2) is 60.7 Å². The van der Waals surface area contributed by atoms with Gasteiger partial charge < -0.3 is 16.0 Å². The lowest BCUT2D eigenvalue weighted by Gasteiger charge is -2.22. The topological polar surface area (TPSA) is 78.9 Å². The summed E-state index contributed by atoms with van der Waals surface area (Å²) >= 11 is 0. The molecule has 3 aromatic rings. The van der Waals surface area contributed by atoms with E-state index >= 15 is 0 Å². The molecular formula is C29H37N5O. The molecule has 0 unspecified atom stereocenters. The van der Waals surface area contributed by atoms with Gasteiger partial charge in [0.25, 0.3) is 0 Å². The van der Waals surface area contributed by atoms with Crippen LogP contribution in [0.4, 0.5) is 11.8 Å². The lowest BCUT2D eigenvalue weighted by Crippen LogP contribution is -2.41. The van der Waals surface area contributed by atoms with Crippen LogP contribution in [0.2, 0.25) is 0 Å². The molecule has 3 N–H and O–H groups in total. The predicted octanol–water partition coefficient (Wildman–Crippen LogP) is 5.43. The van der Waals surface area contributed by atoms with Crippen molar-refractivity contribution < 1.29 is 4.79 Å². The monoisotopic (exact) mass is 471 g/mol. The van der Waals surface area contributed by atoms with Gasteiger partial charge in [0.1, 0.15) is 11.9 Å². The second-order valence-electron chi connectivity index (χ2n) is 9.69. The molecule has 2 aromatic carbocycles. The summed E-state index contributed by atoms with van der Waals surface area (Å²) in [6.07, 6.45) is 7.07. The third kappa shape index (κ3) is 7.81. The van der Waals surface area contributed by atoms with Gasteiger partial charge in [-0.2, -0.15) is 4.98 Å². The molecule has 6 heteroatoms. The lowest BCUT2D eigenvalue weighted by molar-refractivity contribution is -0.122. The van der Waals surface area contributed by atoms with E-state index < -0.39 is 6.04 Å². The maximum absolute atomic E-state index is 13.3. The number of hydrogen-bond donors (Lipinski definition) is 3. The Morgan fingerprint density at radius 1 is 0.943 bits per heavy atom. The first-order valence-electron chi connectivity index (χ1n) is 12.8. The van der Waals surface area contributed by atoms with E-state index in [0.717, 1.165) is 23.4 Å². The highest BCUT2D eigenvalue weighted by atomic mass is 16.2. The van der Waals surface area contributed by atoms with Gasteiger partial charge in [-0.15, -0.1) is 0 Å². The molecule has 1 atom stereocenters. The maximum atomic E-state index is 13.3. The standard InChI is InChI=1S/C29H37N5O/c1-21-13-15-25(16-14-21)19-30-28(35)26(18-23-9-5-3-6-10-23)33-27-17-22(2)32-29(34-27)31-20-24-11-7-4-8-12-24/h3,5-6,9-10,13-17,24,26H,4,7-8,11-12,18-20H2,1-2H3,(H,30,35)(H2,31,32,33,34)/t26-/m0/s1. The maximum Gasteiger partial charge on any atom is 0.243 e. The van der Waals surface area contributed by atoms with Gasteiger partial charge in [-0.05, 0) is 43.7 Å². The molecule has 1 heterocycles. The van der Waals surface area contributed by atoms with Crippen molar-refractivity contribution in [3.8, 4) is 0 Å². The molecule has 0 bridgehead atoms. The molecule has 6 nitrogen and oxygen atoms in total. The number of hydrogen-bond acceptors (Lipinski definition) is 5. The van der Waals surface area contributed by atoms with Crippen LogP contribution in [0, 0.1) is 19.8 Å². The zero-order valence-electron chi connectivity index (χ0n) is 20.9. The van der Waals surface area contributed by atoms with Crippen molar-refractivity contribution in [2.24, 2.45) is 5.92 Å². The van der Waals surface area contributed by atoms with E-state index in [9.17, 15) is 4.79 Å². The van der Waals surface area contributed by atoms with E-state index in [1.54, 1.807) is 0 Å². The molecule has 1 fully saturated rings. The second-order valence-corrected chi connectivity index (χ2v) is 9.69. The molecule has 4 rings (SSSR count). The number of carbonyl (C=O) groups is 1. The van der Waals surface area contributed by atoms with E-state index in [0.29, 0.717) is 30.6 Å². The second kappa shape index (κ2) is 12.3. The number of benzene rings is 2. The number of aryl methyl sites for hydroxylation is 2. The quantitative estimate of drug-likeness (QED) is 0.368. The van der Waals surface area contributed by atoms with Gasteiger partial charge in [0.05, 0.1) is 0 Å². The Labute approximate surface area is 209 Å². The van der Waals surface area contributed by atoms with Crippen molar-refractivity contribution in [1.82, 2.24) is 15.3 Å². The number of aromatic nitrogens is 2. The summed E-state index contributed by atoms with van der Waals surface area (Å²) in [7, 11) is 0. The minimum atomic E-state index is -0.455. The molecule has 1 aliphatic carbocycles. The molecule has 0 spiro atoms. The van der Waals surface area contributed by atoms with E-state index in [1.165, 1.54) is 37.7 Å². The fourth-order valence-electron chi connectivity index (χ4n) is 4.60. The summed E-state index contributed by atoms with van der Waals surface area (Å²) in [6, 6.07) is 19.7. The van der Waals surface area contributed by atoms with Crippen molar-refractivity contribution in [2.45, 2.75) is 65.0 Å². The highest BCUT2D eigenvalue weighted by Gasteiger charge is 2.20. The van der Waals surface area contributed by atoms with E-state index in [2.05, 4.69) is 40.0 Å². The Hall–Kier alpha value is -3.41.